The molecule has 0 aliphatic heterocycles. The van der Waals surface area contributed by atoms with Crippen LogP contribution in [0.3, 0.4) is 0 Å². The normalized spacial score (nSPS) is 10.9. The molecule has 102 valence electrons. The molecule has 2 heterocycles. The number of nitrogens with one attached hydrogen (secondary N) is 1. The predicted molar refractivity (Wildman–Crippen MR) is 70.7 cm³/mol. The van der Waals surface area contributed by atoms with Crippen LogP contribution in [-0.4, -0.2) is 19.3 Å². The third-order valence-corrected chi connectivity index (χ3v) is 3.71. The maximum atomic E-state index is 13.2. The highest BCUT2D eigenvalue weighted by Crippen LogP contribution is 2.21. The molecule has 0 aliphatic carbocycles. The second-order valence-electron chi connectivity index (χ2n) is 4.05. The minimum Gasteiger partial charge on any atom is -0.292 e. The molecule has 1 N–H and O–H groups in total. The highest BCUT2D eigenvalue weighted by Gasteiger charge is 2.14. The van der Waals surface area contributed by atoms with Crippen LogP contribution in [0.2, 0.25) is 0 Å². The molecule has 0 aromatic carbocycles. The first-order chi connectivity index (χ1) is 8.93. The van der Waals surface area contributed by atoms with E-state index in [-0.39, 0.29) is 6.54 Å². The minimum atomic E-state index is -1.01. The van der Waals surface area contributed by atoms with Gasteiger partial charge in [-0.2, -0.15) is 9.49 Å². The SMILES string of the molecule is CCc1nn(C)c(Cn2cc(F)c(=O)[nH]c2=O)c1Br. The lowest BCUT2D eigenvalue weighted by molar-refractivity contribution is 0.556. The number of aromatic nitrogens is 4. The third-order valence-electron chi connectivity index (χ3n) is 2.79. The summed E-state index contributed by atoms with van der Waals surface area (Å²) in [5.74, 6) is -0.992. The number of halogens is 2. The van der Waals surface area contributed by atoms with Crippen LogP contribution in [0, 0.1) is 5.82 Å². The van der Waals surface area contributed by atoms with E-state index in [0.29, 0.717) is 0 Å². The van der Waals surface area contributed by atoms with Crippen molar-refractivity contribution in [2.24, 2.45) is 7.05 Å². The van der Waals surface area contributed by atoms with E-state index in [1.807, 2.05) is 11.9 Å². The first-order valence-electron chi connectivity index (χ1n) is 5.63. The summed E-state index contributed by atoms with van der Waals surface area (Å²) < 4.78 is 16.7. The first kappa shape index (κ1) is 13.7. The van der Waals surface area contributed by atoms with Gasteiger partial charge in [0.15, 0.2) is 0 Å². The van der Waals surface area contributed by atoms with Crippen molar-refractivity contribution in [3.8, 4) is 0 Å². The average Bonchev–Trinajstić information content (AvgIpc) is 2.63. The lowest BCUT2D eigenvalue weighted by Gasteiger charge is -2.06. The summed E-state index contributed by atoms with van der Waals surface area (Å²) in [5, 5.41) is 4.28. The monoisotopic (exact) mass is 330 g/mol. The molecule has 8 heteroatoms. The number of H-pyrrole nitrogens is 1. The van der Waals surface area contributed by atoms with Crippen LogP contribution in [0.15, 0.2) is 20.3 Å². The van der Waals surface area contributed by atoms with E-state index in [9.17, 15) is 14.0 Å². The Balaban J connectivity index is 2.48. The van der Waals surface area contributed by atoms with Crippen molar-refractivity contribution in [3.63, 3.8) is 0 Å². The van der Waals surface area contributed by atoms with Crippen LogP contribution in [0.1, 0.15) is 18.3 Å². The van der Waals surface area contributed by atoms with Crippen molar-refractivity contribution in [2.45, 2.75) is 19.9 Å². The number of aromatic amines is 1. The summed E-state index contributed by atoms with van der Waals surface area (Å²) in [6, 6.07) is 0. The fourth-order valence-corrected chi connectivity index (χ4v) is 2.49. The Morgan fingerprint density at radius 1 is 1.47 bits per heavy atom. The first-order valence-corrected chi connectivity index (χ1v) is 6.42. The molecule has 6 nitrogen and oxygen atoms in total. The molecule has 0 radical (unpaired) electrons. The molecule has 0 saturated carbocycles. The Labute approximate surface area is 116 Å². The zero-order valence-corrected chi connectivity index (χ0v) is 12.0. The number of rotatable bonds is 3. The van der Waals surface area contributed by atoms with Gasteiger partial charge in [-0.05, 0) is 22.4 Å². The lowest BCUT2D eigenvalue weighted by Crippen LogP contribution is -2.32. The maximum Gasteiger partial charge on any atom is 0.328 e. The smallest absolute Gasteiger partial charge is 0.292 e. The van der Waals surface area contributed by atoms with E-state index in [1.54, 1.807) is 11.7 Å². The van der Waals surface area contributed by atoms with Crippen LogP contribution in [-0.2, 0) is 20.0 Å². The summed E-state index contributed by atoms with van der Waals surface area (Å²) in [7, 11) is 1.74. The molecule has 2 aromatic rings. The van der Waals surface area contributed by atoms with Gasteiger partial charge in [-0.15, -0.1) is 0 Å². The molecule has 2 aromatic heterocycles. The van der Waals surface area contributed by atoms with Crippen LogP contribution in [0.5, 0.6) is 0 Å². The molecule has 0 spiro atoms. The predicted octanol–water partition coefficient (Wildman–Crippen LogP) is 0.782. The van der Waals surface area contributed by atoms with Gasteiger partial charge in [0.2, 0.25) is 5.82 Å². The lowest BCUT2D eigenvalue weighted by atomic mass is 10.3. The van der Waals surface area contributed by atoms with E-state index in [2.05, 4.69) is 21.0 Å². The van der Waals surface area contributed by atoms with Crippen LogP contribution in [0.25, 0.3) is 0 Å². The van der Waals surface area contributed by atoms with Crippen LogP contribution >= 0.6 is 15.9 Å². The Kier molecular flexibility index (Phi) is 3.70. The molecule has 0 unspecified atom stereocenters. The van der Waals surface area contributed by atoms with Gasteiger partial charge < -0.3 is 0 Å². The Morgan fingerprint density at radius 3 is 2.74 bits per heavy atom. The minimum absolute atomic E-state index is 0.122. The Hall–Kier alpha value is -1.70. The summed E-state index contributed by atoms with van der Waals surface area (Å²) in [4.78, 5) is 24.5. The second-order valence-corrected chi connectivity index (χ2v) is 4.84. The fourth-order valence-electron chi connectivity index (χ4n) is 1.75. The second kappa shape index (κ2) is 5.12. The summed E-state index contributed by atoms with van der Waals surface area (Å²) in [5.41, 5.74) is -0.0852. The van der Waals surface area contributed by atoms with Gasteiger partial charge in [0.05, 0.1) is 28.6 Å². The molecule has 0 amide bonds. The molecule has 0 atom stereocenters. The van der Waals surface area contributed by atoms with Crippen molar-refractivity contribution < 1.29 is 4.39 Å². The van der Waals surface area contributed by atoms with E-state index in [0.717, 1.165) is 33.0 Å². The van der Waals surface area contributed by atoms with Gasteiger partial charge >= 0.3 is 5.69 Å². The number of nitrogens with zero attached hydrogens (tertiary/aromatic N) is 3. The van der Waals surface area contributed by atoms with Crippen molar-refractivity contribution in [2.75, 3.05) is 0 Å². The van der Waals surface area contributed by atoms with E-state index < -0.39 is 17.1 Å². The highest BCUT2D eigenvalue weighted by molar-refractivity contribution is 9.10. The largest absolute Gasteiger partial charge is 0.328 e. The third kappa shape index (κ3) is 2.53. The van der Waals surface area contributed by atoms with Crippen molar-refractivity contribution in [1.82, 2.24) is 19.3 Å². The summed E-state index contributed by atoms with van der Waals surface area (Å²) in [6.45, 7) is 2.08. The van der Waals surface area contributed by atoms with Gasteiger partial charge in [-0.3, -0.25) is 19.0 Å². The zero-order valence-electron chi connectivity index (χ0n) is 10.4. The van der Waals surface area contributed by atoms with Crippen molar-refractivity contribution in [1.29, 1.82) is 0 Å². The van der Waals surface area contributed by atoms with Gasteiger partial charge in [-0.1, -0.05) is 6.92 Å². The van der Waals surface area contributed by atoms with Crippen LogP contribution in [0.4, 0.5) is 4.39 Å². The van der Waals surface area contributed by atoms with E-state index in [4.69, 9.17) is 0 Å². The molecule has 19 heavy (non-hydrogen) atoms. The molecule has 0 bridgehead atoms. The topological polar surface area (TPSA) is 72.7 Å². The average molecular weight is 331 g/mol. The number of aryl methyl sites for hydroxylation is 2. The summed E-state index contributed by atoms with van der Waals surface area (Å²) >= 11 is 3.41. The van der Waals surface area contributed by atoms with E-state index >= 15 is 0 Å². The number of hydrogen-bond acceptors (Lipinski definition) is 3. The maximum absolute atomic E-state index is 13.2. The molecular weight excluding hydrogens is 319 g/mol. The standard InChI is InChI=1S/C11H12BrFN4O2/c1-3-7-9(12)8(16(2)15-7)5-17-4-6(13)10(18)14-11(17)19/h4H,3,5H2,1-2H3,(H,14,18,19). The zero-order chi connectivity index (χ0) is 14.2. The molecular formula is C11H12BrFN4O2. The quantitative estimate of drug-likeness (QED) is 0.904. The molecule has 0 aliphatic rings. The van der Waals surface area contributed by atoms with Crippen molar-refractivity contribution in [3.05, 3.63) is 48.7 Å². The summed E-state index contributed by atoms with van der Waals surface area (Å²) in [6.07, 6.45) is 1.63. The van der Waals surface area contributed by atoms with Gasteiger partial charge in [0.25, 0.3) is 5.56 Å². The van der Waals surface area contributed by atoms with Crippen molar-refractivity contribution >= 4 is 15.9 Å². The van der Waals surface area contributed by atoms with E-state index in [1.165, 1.54) is 0 Å². The molecule has 0 fully saturated rings. The van der Waals surface area contributed by atoms with Gasteiger partial charge in [0, 0.05) is 7.05 Å². The number of hydrogen-bond donors (Lipinski definition) is 1. The molecule has 0 saturated heterocycles. The van der Waals surface area contributed by atoms with Gasteiger partial charge in [-0.25, -0.2) is 4.79 Å². The fraction of sp³-hybridized carbons (Fsp3) is 0.364. The Morgan fingerprint density at radius 2 is 2.16 bits per heavy atom. The highest BCUT2D eigenvalue weighted by atomic mass is 79.9. The molecule has 2 rings (SSSR count). The van der Waals surface area contributed by atoms with Gasteiger partial charge in [0.1, 0.15) is 0 Å². The van der Waals surface area contributed by atoms with Crippen LogP contribution < -0.4 is 11.2 Å². The Bertz CT molecular complexity index is 731.